The van der Waals surface area contributed by atoms with Crippen molar-refractivity contribution in [2.75, 3.05) is 0 Å². The molecule has 0 aliphatic carbocycles. The lowest BCUT2D eigenvalue weighted by atomic mass is 10.1. The first-order valence-corrected chi connectivity index (χ1v) is 6.63. The van der Waals surface area contributed by atoms with E-state index in [-0.39, 0.29) is 12.2 Å². The second kappa shape index (κ2) is 7.04. The van der Waals surface area contributed by atoms with E-state index in [4.69, 9.17) is 4.74 Å². The maximum Gasteiger partial charge on any atom is 0.573 e. The lowest BCUT2D eigenvalue weighted by molar-refractivity contribution is -0.274. The van der Waals surface area contributed by atoms with Gasteiger partial charge in [0, 0.05) is 6.42 Å². The van der Waals surface area contributed by atoms with Gasteiger partial charge >= 0.3 is 12.3 Å². The zero-order valence-corrected chi connectivity index (χ0v) is 11.8. The zero-order chi connectivity index (χ0) is 16.9. The summed E-state index contributed by atoms with van der Waals surface area (Å²) in [5.74, 6) is -1.42. The maximum atomic E-state index is 12.1. The van der Waals surface area contributed by atoms with Crippen LogP contribution in [0.5, 0.6) is 11.5 Å². The summed E-state index contributed by atoms with van der Waals surface area (Å²) in [5, 5.41) is 9.20. The quantitative estimate of drug-likeness (QED) is 0.880. The van der Waals surface area contributed by atoms with Gasteiger partial charge in [-0.05, 0) is 29.8 Å². The third kappa shape index (κ3) is 5.54. The van der Waals surface area contributed by atoms with Gasteiger partial charge in [-0.15, -0.1) is 13.2 Å². The summed E-state index contributed by atoms with van der Waals surface area (Å²) >= 11 is 0. The molecule has 1 atom stereocenters. The molecule has 2 aromatic rings. The van der Waals surface area contributed by atoms with Gasteiger partial charge in [0.05, 0.1) is 0 Å². The largest absolute Gasteiger partial charge is 0.573 e. The fraction of sp³-hybridized carbons (Fsp3) is 0.188. The summed E-state index contributed by atoms with van der Waals surface area (Å²) in [6.07, 6.45) is -5.79. The van der Waals surface area contributed by atoms with Crippen molar-refractivity contribution in [3.05, 3.63) is 60.2 Å². The maximum absolute atomic E-state index is 12.1. The topological polar surface area (TPSA) is 55.8 Å². The van der Waals surface area contributed by atoms with E-state index in [1.165, 1.54) is 12.1 Å². The molecule has 0 amide bonds. The van der Waals surface area contributed by atoms with Gasteiger partial charge in [-0.3, -0.25) is 0 Å². The molecule has 0 aromatic heterocycles. The SMILES string of the molecule is O=C(O)C(Cc1ccccc1)Oc1ccc(OC(F)(F)F)cc1. The molecule has 23 heavy (non-hydrogen) atoms. The predicted octanol–water partition coefficient (Wildman–Crippen LogP) is 3.66. The van der Waals surface area contributed by atoms with Gasteiger partial charge in [0.25, 0.3) is 0 Å². The Bertz CT molecular complexity index is 639. The Kier molecular flexibility index (Phi) is 5.10. The number of carboxylic acid groups (broad SMARTS) is 1. The summed E-state index contributed by atoms with van der Waals surface area (Å²) in [7, 11) is 0. The van der Waals surface area contributed by atoms with Crippen molar-refractivity contribution in [3.63, 3.8) is 0 Å². The van der Waals surface area contributed by atoms with Crippen molar-refractivity contribution in [2.24, 2.45) is 0 Å². The fourth-order valence-corrected chi connectivity index (χ4v) is 1.89. The number of carbonyl (C=O) groups is 1. The summed E-state index contributed by atoms with van der Waals surface area (Å²) in [6, 6.07) is 13.5. The molecule has 0 saturated carbocycles. The Labute approximate surface area is 130 Å². The molecule has 2 rings (SSSR count). The average molecular weight is 326 g/mol. The number of halogens is 3. The van der Waals surface area contributed by atoms with Crippen LogP contribution in [0.3, 0.4) is 0 Å². The highest BCUT2D eigenvalue weighted by Gasteiger charge is 2.31. The second-order valence-electron chi connectivity index (χ2n) is 4.65. The number of hydrogen-bond donors (Lipinski definition) is 1. The van der Waals surface area contributed by atoms with E-state index >= 15 is 0 Å². The minimum atomic E-state index is -4.78. The van der Waals surface area contributed by atoms with E-state index < -0.39 is 24.2 Å². The minimum absolute atomic E-state index is 0.136. The van der Waals surface area contributed by atoms with Crippen LogP contribution in [0, 0.1) is 0 Å². The highest BCUT2D eigenvalue weighted by molar-refractivity contribution is 5.73. The number of benzene rings is 2. The molecule has 4 nitrogen and oxygen atoms in total. The smallest absolute Gasteiger partial charge is 0.478 e. The molecule has 0 radical (unpaired) electrons. The zero-order valence-electron chi connectivity index (χ0n) is 11.8. The van der Waals surface area contributed by atoms with E-state index in [0.717, 1.165) is 17.7 Å². The highest BCUT2D eigenvalue weighted by Crippen LogP contribution is 2.25. The third-order valence-electron chi connectivity index (χ3n) is 2.88. The van der Waals surface area contributed by atoms with E-state index in [9.17, 15) is 23.1 Å². The van der Waals surface area contributed by atoms with Gasteiger partial charge in [0.15, 0.2) is 6.10 Å². The first-order valence-electron chi connectivity index (χ1n) is 6.63. The molecule has 0 fully saturated rings. The Morgan fingerprint density at radius 2 is 1.57 bits per heavy atom. The van der Waals surface area contributed by atoms with Crippen LogP contribution in [0.15, 0.2) is 54.6 Å². The molecule has 0 aliphatic rings. The molecule has 0 bridgehead atoms. The summed E-state index contributed by atoms with van der Waals surface area (Å²) in [5.41, 5.74) is 0.775. The average Bonchev–Trinajstić information content (AvgIpc) is 2.48. The van der Waals surface area contributed by atoms with E-state index in [0.29, 0.717) is 0 Å². The van der Waals surface area contributed by atoms with Gasteiger partial charge < -0.3 is 14.6 Å². The van der Waals surface area contributed by atoms with Crippen LogP contribution in [-0.2, 0) is 11.2 Å². The summed E-state index contributed by atoms with van der Waals surface area (Å²) < 4.78 is 45.3. The molecular weight excluding hydrogens is 313 g/mol. The van der Waals surface area contributed by atoms with Crippen molar-refractivity contribution in [1.82, 2.24) is 0 Å². The molecule has 0 heterocycles. The number of hydrogen-bond acceptors (Lipinski definition) is 3. The van der Waals surface area contributed by atoms with Crippen molar-refractivity contribution >= 4 is 5.97 Å². The molecule has 0 spiro atoms. The van der Waals surface area contributed by atoms with Gasteiger partial charge in [-0.25, -0.2) is 4.79 Å². The van der Waals surface area contributed by atoms with Gasteiger partial charge in [-0.1, -0.05) is 30.3 Å². The molecule has 1 N–H and O–H groups in total. The molecule has 7 heteroatoms. The molecule has 122 valence electrons. The number of rotatable bonds is 6. The monoisotopic (exact) mass is 326 g/mol. The Balaban J connectivity index is 2.04. The number of aliphatic carboxylic acids is 1. The van der Waals surface area contributed by atoms with Crippen LogP contribution in [0.1, 0.15) is 5.56 Å². The molecule has 1 unspecified atom stereocenters. The van der Waals surface area contributed by atoms with Crippen LogP contribution in [0.25, 0.3) is 0 Å². The van der Waals surface area contributed by atoms with Crippen LogP contribution >= 0.6 is 0 Å². The summed E-state index contributed by atoms with van der Waals surface area (Å²) in [6.45, 7) is 0. The van der Waals surface area contributed by atoms with Crippen molar-refractivity contribution in [2.45, 2.75) is 18.9 Å². The van der Waals surface area contributed by atoms with E-state index in [2.05, 4.69) is 4.74 Å². The predicted molar refractivity (Wildman–Crippen MR) is 75.3 cm³/mol. The Hall–Kier alpha value is -2.70. The molecule has 0 aliphatic heterocycles. The van der Waals surface area contributed by atoms with Crippen LogP contribution in [0.2, 0.25) is 0 Å². The molecular formula is C16H13F3O4. The Morgan fingerprint density at radius 3 is 2.09 bits per heavy atom. The second-order valence-corrected chi connectivity index (χ2v) is 4.65. The highest BCUT2D eigenvalue weighted by atomic mass is 19.4. The number of carboxylic acids is 1. The lowest BCUT2D eigenvalue weighted by Gasteiger charge is -2.16. The standard InChI is InChI=1S/C16H13F3O4/c17-16(18,19)23-13-8-6-12(7-9-13)22-14(15(20)21)10-11-4-2-1-3-5-11/h1-9,14H,10H2,(H,20,21). The van der Waals surface area contributed by atoms with Crippen molar-refractivity contribution < 1.29 is 32.5 Å². The first kappa shape index (κ1) is 16.7. The fourth-order valence-electron chi connectivity index (χ4n) is 1.89. The lowest BCUT2D eigenvalue weighted by Crippen LogP contribution is -2.29. The first-order chi connectivity index (χ1) is 10.8. The van der Waals surface area contributed by atoms with E-state index in [1.54, 1.807) is 30.3 Å². The summed E-state index contributed by atoms with van der Waals surface area (Å²) in [4.78, 5) is 11.3. The van der Waals surface area contributed by atoms with Crippen LogP contribution in [0.4, 0.5) is 13.2 Å². The molecule has 2 aromatic carbocycles. The van der Waals surface area contributed by atoms with Crippen LogP contribution in [-0.4, -0.2) is 23.5 Å². The van der Waals surface area contributed by atoms with Crippen LogP contribution < -0.4 is 9.47 Å². The number of alkyl halides is 3. The van der Waals surface area contributed by atoms with Crippen molar-refractivity contribution in [3.8, 4) is 11.5 Å². The van der Waals surface area contributed by atoms with Gasteiger partial charge in [0.1, 0.15) is 11.5 Å². The normalized spacial score (nSPS) is 12.5. The number of ether oxygens (including phenoxy) is 2. The third-order valence-corrected chi connectivity index (χ3v) is 2.88. The van der Waals surface area contributed by atoms with Gasteiger partial charge in [0.2, 0.25) is 0 Å². The van der Waals surface area contributed by atoms with E-state index in [1.807, 2.05) is 0 Å². The molecule has 0 saturated heterocycles. The minimum Gasteiger partial charge on any atom is -0.478 e. The Morgan fingerprint density at radius 1 is 1.00 bits per heavy atom. The van der Waals surface area contributed by atoms with Gasteiger partial charge in [-0.2, -0.15) is 0 Å². The van der Waals surface area contributed by atoms with Crippen molar-refractivity contribution in [1.29, 1.82) is 0 Å².